The van der Waals surface area contributed by atoms with Gasteiger partial charge in [0.25, 0.3) is 5.91 Å². The number of esters is 1. The van der Waals surface area contributed by atoms with Gasteiger partial charge in [0.1, 0.15) is 0 Å². The highest BCUT2D eigenvalue weighted by Crippen LogP contribution is 2.05. The second kappa shape index (κ2) is 5.70. The maximum Gasteiger partial charge on any atom is 0.337 e. The van der Waals surface area contributed by atoms with Crippen LogP contribution in [-0.4, -0.2) is 25.5 Å². The van der Waals surface area contributed by atoms with E-state index in [1.54, 1.807) is 30.3 Å². The van der Waals surface area contributed by atoms with Gasteiger partial charge in [-0.15, -0.1) is 6.58 Å². The smallest absolute Gasteiger partial charge is 0.337 e. The first-order valence-electron chi connectivity index (χ1n) is 4.76. The molecule has 0 bridgehead atoms. The minimum absolute atomic E-state index is 0.198. The van der Waals surface area contributed by atoms with Gasteiger partial charge in [-0.3, -0.25) is 4.79 Å². The van der Waals surface area contributed by atoms with Crippen molar-refractivity contribution in [1.82, 2.24) is 5.32 Å². The van der Waals surface area contributed by atoms with Crippen LogP contribution in [0.1, 0.15) is 20.7 Å². The highest BCUT2D eigenvalue weighted by molar-refractivity contribution is 5.96. The summed E-state index contributed by atoms with van der Waals surface area (Å²) >= 11 is 0. The molecule has 0 saturated heterocycles. The zero-order valence-corrected chi connectivity index (χ0v) is 9.03. The lowest BCUT2D eigenvalue weighted by molar-refractivity contribution is 0.0600. The number of rotatable bonds is 4. The molecule has 0 saturated carbocycles. The summed E-state index contributed by atoms with van der Waals surface area (Å²) < 4.78 is 4.55. The molecule has 4 nitrogen and oxygen atoms in total. The summed E-state index contributed by atoms with van der Waals surface area (Å²) in [5.41, 5.74) is 0.914. The van der Waals surface area contributed by atoms with Crippen LogP contribution in [0.2, 0.25) is 0 Å². The summed E-state index contributed by atoms with van der Waals surface area (Å²) in [4.78, 5) is 22.6. The molecule has 0 atom stereocenters. The molecule has 1 rings (SSSR count). The number of carbonyl (C=O) groups is 2. The number of methoxy groups -OCH3 is 1. The summed E-state index contributed by atoms with van der Waals surface area (Å²) in [5, 5.41) is 2.64. The molecule has 0 aliphatic carbocycles. The summed E-state index contributed by atoms with van der Waals surface area (Å²) in [6, 6.07) is 6.25. The highest BCUT2D eigenvalue weighted by Gasteiger charge is 2.07. The van der Waals surface area contributed by atoms with Crippen LogP contribution < -0.4 is 5.32 Å². The number of hydrogen-bond acceptors (Lipinski definition) is 3. The van der Waals surface area contributed by atoms with Crippen molar-refractivity contribution in [2.45, 2.75) is 0 Å². The quantitative estimate of drug-likeness (QED) is 0.615. The third-order valence-electron chi connectivity index (χ3n) is 1.98. The fourth-order valence-electron chi connectivity index (χ4n) is 1.14. The SMILES string of the molecule is C=CCNC(=O)c1ccc(C(=O)OC)cc1. The first-order valence-corrected chi connectivity index (χ1v) is 4.76. The van der Waals surface area contributed by atoms with Gasteiger partial charge in [-0.1, -0.05) is 6.08 Å². The van der Waals surface area contributed by atoms with Crippen molar-refractivity contribution >= 4 is 11.9 Å². The molecule has 1 aromatic rings. The van der Waals surface area contributed by atoms with Crippen molar-refractivity contribution < 1.29 is 14.3 Å². The Morgan fingerprint density at radius 3 is 2.38 bits per heavy atom. The first-order chi connectivity index (χ1) is 7.69. The predicted octanol–water partition coefficient (Wildman–Crippen LogP) is 1.39. The fraction of sp³-hybridized carbons (Fsp3) is 0.167. The lowest BCUT2D eigenvalue weighted by Gasteiger charge is -2.03. The van der Waals surface area contributed by atoms with Crippen LogP contribution in [0.3, 0.4) is 0 Å². The monoisotopic (exact) mass is 219 g/mol. The van der Waals surface area contributed by atoms with Crippen LogP contribution in [0.5, 0.6) is 0 Å². The van der Waals surface area contributed by atoms with Gasteiger partial charge >= 0.3 is 5.97 Å². The third kappa shape index (κ3) is 2.95. The van der Waals surface area contributed by atoms with Gasteiger partial charge in [0.15, 0.2) is 0 Å². The maximum absolute atomic E-state index is 11.5. The van der Waals surface area contributed by atoms with E-state index in [4.69, 9.17) is 0 Å². The number of benzene rings is 1. The molecular weight excluding hydrogens is 206 g/mol. The van der Waals surface area contributed by atoms with Gasteiger partial charge in [-0.25, -0.2) is 4.79 Å². The zero-order chi connectivity index (χ0) is 12.0. The fourth-order valence-corrected chi connectivity index (χ4v) is 1.14. The Labute approximate surface area is 93.9 Å². The molecule has 1 aromatic carbocycles. The molecule has 0 spiro atoms. The van der Waals surface area contributed by atoms with Gasteiger partial charge in [0.2, 0.25) is 0 Å². The largest absolute Gasteiger partial charge is 0.465 e. The van der Waals surface area contributed by atoms with Gasteiger partial charge in [-0.05, 0) is 24.3 Å². The average Bonchev–Trinajstić information content (AvgIpc) is 2.35. The molecule has 0 unspecified atom stereocenters. The molecule has 0 aliphatic rings. The molecule has 1 amide bonds. The van der Waals surface area contributed by atoms with Gasteiger partial charge in [0.05, 0.1) is 12.7 Å². The molecule has 16 heavy (non-hydrogen) atoms. The van der Waals surface area contributed by atoms with E-state index in [0.717, 1.165) is 0 Å². The topological polar surface area (TPSA) is 55.4 Å². The summed E-state index contributed by atoms with van der Waals surface area (Å²) in [7, 11) is 1.31. The van der Waals surface area contributed by atoms with Gasteiger partial charge in [-0.2, -0.15) is 0 Å². The van der Waals surface area contributed by atoms with Crippen LogP contribution in [0.15, 0.2) is 36.9 Å². The number of nitrogens with one attached hydrogen (secondary N) is 1. The normalized spacial score (nSPS) is 9.31. The van der Waals surface area contributed by atoms with Crippen LogP contribution in [0, 0.1) is 0 Å². The molecule has 1 N–H and O–H groups in total. The zero-order valence-electron chi connectivity index (χ0n) is 9.03. The lowest BCUT2D eigenvalue weighted by atomic mass is 10.1. The molecular formula is C12H13NO3. The van der Waals surface area contributed by atoms with Crippen LogP contribution in [-0.2, 0) is 4.74 Å². The molecule has 0 aromatic heterocycles. The van der Waals surface area contributed by atoms with E-state index < -0.39 is 5.97 Å². The van der Waals surface area contributed by atoms with Crippen molar-refractivity contribution in [1.29, 1.82) is 0 Å². The Bertz CT molecular complexity index is 395. The van der Waals surface area contributed by atoms with Gasteiger partial charge in [0, 0.05) is 12.1 Å². The average molecular weight is 219 g/mol. The number of carbonyl (C=O) groups excluding carboxylic acids is 2. The Morgan fingerprint density at radius 2 is 1.88 bits per heavy atom. The van der Waals surface area contributed by atoms with Crippen molar-refractivity contribution in [3.8, 4) is 0 Å². The van der Waals surface area contributed by atoms with Crippen LogP contribution in [0.25, 0.3) is 0 Å². The number of ether oxygens (including phenoxy) is 1. The second-order valence-electron chi connectivity index (χ2n) is 3.07. The molecule has 0 radical (unpaired) electrons. The van der Waals surface area contributed by atoms with Crippen molar-refractivity contribution in [2.75, 3.05) is 13.7 Å². The van der Waals surface area contributed by atoms with E-state index in [2.05, 4.69) is 16.6 Å². The Balaban J connectivity index is 2.74. The lowest BCUT2D eigenvalue weighted by Crippen LogP contribution is -2.23. The summed E-state index contributed by atoms with van der Waals surface area (Å²) in [6.07, 6.45) is 1.60. The van der Waals surface area contributed by atoms with Crippen molar-refractivity contribution in [3.63, 3.8) is 0 Å². The van der Waals surface area contributed by atoms with E-state index in [9.17, 15) is 9.59 Å². The van der Waals surface area contributed by atoms with Crippen LogP contribution in [0.4, 0.5) is 0 Å². The minimum atomic E-state index is -0.418. The molecule has 84 valence electrons. The number of hydrogen-bond donors (Lipinski definition) is 1. The number of amides is 1. The maximum atomic E-state index is 11.5. The highest BCUT2D eigenvalue weighted by atomic mass is 16.5. The van der Waals surface area contributed by atoms with Crippen LogP contribution >= 0.6 is 0 Å². The van der Waals surface area contributed by atoms with E-state index >= 15 is 0 Å². The molecule has 0 aliphatic heterocycles. The predicted molar refractivity (Wildman–Crippen MR) is 60.3 cm³/mol. The van der Waals surface area contributed by atoms with E-state index in [-0.39, 0.29) is 5.91 Å². The Hall–Kier alpha value is -2.10. The Morgan fingerprint density at radius 1 is 1.31 bits per heavy atom. The summed E-state index contributed by atoms with van der Waals surface area (Å²) in [6.45, 7) is 3.91. The van der Waals surface area contributed by atoms with E-state index in [1.807, 2.05) is 0 Å². The summed E-state index contributed by atoms with van der Waals surface area (Å²) in [5.74, 6) is -0.616. The first kappa shape index (κ1) is 12.0. The third-order valence-corrected chi connectivity index (χ3v) is 1.98. The standard InChI is InChI=1S/C12H13NO3/c1-3-8-13-11(14)9-4-6-10(7-5-9)12(15)16-2/h3-7H,1,8H2,2H3,(H,13,14). The van der Waals surface area contributed by atoms with E-state index in [0.29, 0.717) is 17.7 Å². The van der Waals surface area contributed by atoms with E-state index in [1.165, 1.54) is 7.11 Å². The molecule has 0 heterocycles. The van der Waals surface area contributed by atoms with Crippen molar-refractivity contribution in [2.24, 2.45) is 0 Å². The van der Waals surface area contributed by atoms with Gasteiger partial charge < -0.3 is 10.1 Å². The molecule has 0 fully saturated rings. The second-order valence-corrected chi connectivity index (χ2v) is 3.07. The minimum Gasteiger partial charge on any atom is -0.465 e. The van der Waals surface area contributed by atoms with Crippen molar-refractivity contribution in [3.05, 3.63) is 48.0 Å². The molecule has 4 heteroatoms. The Kier molecular flexibility index (Phi) is 4.27.